The summed E-state index contributed by atoms with van der Waals surface area (Å²) in [6, 6.07) is 33.1. The van der Waals surface area contributed by atoms with E-state index in [1.807, 2.05) is 11.8 Å². The molecular weight excluding hydrogens is 368 g/mol. The minimum Gasteiger partial charge on any atom is -0.0981 e. The van der Waals surface area contributed by atoms with E-state index >= 15 is 0 Å². The van der Waals surface area contributed by atoms with Crippen molar-refractivity contribution in [1.82, 2.24) is 0 Å². The molecule has 2 aliphatic carbocycles. The Labute approximate surface area is 179 Å². The van der Waals surface area contributed by atoms with Crippen LogP contribution in [0.15, 0.2) is 107 Å². The van der Waals surface area contributed by atoms with Gasteiger partial charge >= 0.3 is 0 Å². The van der Waals surface area contributed by atoms with Crippen LogP contribution >= 0.6 is 11.8 Å². The highest BCUT2D eigenvalue weighted by Gasteiger charge is 2.96. The molecular formula is C28H28S. The molecule has 0 bridgehead atoms. The van der Waals surface area contributed by atoms with Crippen LogP contribution in [0.25, 0.3) is 0 Å². The zero-order valence-corrected chi connectivity index (χ0v) is 18.5. The molecule has 3 aromatic rings. The van der Waals surface area contributed by atoms with Crippen molar-refractivity contribution < 1.29 is 0 Å². The lowest BCUT2D eigenvalue weighted by atomic mass is 9.82. The molecule has 2 aliphatic rings. The summed E-state index contributed by atoms with van der Waals surface area (Å²) in [5, 5.41) is 2.46. The quantitative estimate of drug-likeness (QED) is 0.407. The average Bonchev–Trinajstić information content (AvgIpc) is 3.50. The SMILES string of the molecule is CC1(C)C(C)(C)C12/C(=C\Sc1ccccc1)C2(c1ccccc1)c1ccccc1. The minimum absolute atomic E-state index is 0.0513. The summed E-state index contributed by atoms with van der Waals surface area (Å²) in [4.78, 5) is 1.30. The van der Waals surface area contributed by atoms with Gasteiger partial charge in [-0.2, -0.15) is 0 Å². The Kier molecular flexibility index (Phi) is 3.96. The third-order valence-corrected chi connectivity index (χ3v) is 9.05. The van der Waals surface area contributed by atoms with Crippen LogP contribution in [0, 0.1) is 16.2 Å². The second kappa shape index (κ2) is 6.12. The van der Waals surface area contributed by atoms with Crippen LogP contribution < -0.4 is 0 Å². The number of rotatable bonds is 4. The molecule has 3 aromatic carbocycles. The van der Waals surface area contributed by atoms with Crippen molar-refractivity contribution in [3.63, 3.8) is 0 Å². The molecule has 2 fully saturated rings. The maximum atomic E-state index is 2.46. The lowest BCUT2D eigenvalue weighted by Gasteiger charge is -2.20. The summed E-state index contributed by atoms with van der Waals surface area (Å²) >= 11 is 1.86. The van der Waals surface area contributed by atoms with E-state index in [1.54, 1.807) is 5.57 Å². The zero-order valence-electron chi connectivity index (χ0n) is 17.6. The van der Waals surface area contributed by atoms with E-state index in [0.717, 1.165) is 0 Å². The number of thioether (sulfide) groups is 1. The fourth-order valence-electron chi connectivity index (χ4n) is 6.44. The van der Waals surface area contributed by atoms with Gasteiger partial charge < -0.3 is 0 Å². The maximum absolute atomic E-state index is 2.46. The topological polar surface area (TPSA) is 0 Å². The third-order valence-electron chi connectivity index (χ3n) is 8.15. The molecule has 2 saturated carbocycles. The fraction of sp³-hybridized carbons (Fsp3) is 0.286. The highest BCUT2D eigenvalue weighted by molar-refractivity contribution is 8.02. The van der Waals surface area contributed by atoms with Gasteiger partial charge in [0.2, 0.25) is 0 Å². The van der Waals surface area contributed by atoms with Gasteiger partial charge in [-0.1, -0.05) is 118 Å². The highest BCUT2D eigenvalue weighted by atomic mass is 32.2. The number of hydrogen-bond donors (Lipinski definition) is 0. The predicted octanol–water partition coefficient (Wildman–Crippen LogP) is 7.71. The number of allylic oxidation sites excluding steroid dienone is 1. The second-order valence-electron chi connectivity index (χ2n) is 9.44. The van der Waals surface area contributed by atoms with Crippen LogP contribution in [0.3, 0.4) is 0 Å². The molecule has 5 rings (SSSR count). The molecule has 0 nitrogen and oxygen atoms in total. The first kappa shape index (κ1) is 18.8. The summed E-state index contributed by atoms with van der Waals surface area (Å²) < 4.78 is 0. The van der Waals surface area contributed by atoms with Gasteiger partial charge in [-0.15, -0.1) is 0 Å². The van der Waals surface area contributed by atoms with Gasteiger partial charge in [-0.25, -0.2) is 0 Å². The number of hydrogen-bond acceptors (Lipinski definition) is 1. The molecule has 0 aromatic heterocycles. The van der Waals surface area contributed by atoms with Gasteiger partial charge in [-0.05, 0) is 45.1 Å². The molecule has 29 heavy (non-hydrogen) atoms. The van der Waals surface area contributed by atoms with Crippen LogP contribution in [0.1, 0.15) is 38.8 Å². The average molecular weight is 397 g/mol. The van der Waals surface area contributed by atoms with E-state index in [2.05, 4.69) is 124 Å². The predicted molar refractivity (Wildman–Crippen MR) is 124 cm³/mol. The van der Waals surface area contributed by atoms with Crippen LogP contribution in [0.2, 0.25) is 0 Å². The highest BCUT2D eigenvalue weighted by Crippen LogP contribution is 2.99. The van der Waals surface area contributed by atoms with Crippen molar-refractivity contribution in [2.24, 2.45) is 16.2 Å². The first-order chi connectivity index (χ1) is 13.9. The van der Waals surface area contributed by atoms with Gasteiger partial charge in [0.05, 0.1) is 5.41 Å². The van der Waals surface area contributed by atoms with Crippen molar-refractivity contribution in [3.8, 4) is 0 Å². The van der Waals surface area contributed by atoms with Crippen molar-refractivity contribution in [3.05, 3.63) is 113 Å². The first-order valence-electron chi connectivity index (χ1n) is 10.5. The van der Waals surface area contributed by atoms with E-state index in [4.69, 9.17) is 0 Å². The third kappa shape index (κ3) is 2.12. The molecule has 1 heteroatoms. The zero-order chi connectivity index (χ0) is 20.3. The Morgan fingerprint density at radius 2 is 1.00 bits per heavy atom. The normalized spacial score (nSPS) is 23.1. The summed E-state index contributed by atoms with van der Waals surface area (Å²) in [6.07, 6.45) is 0. The Bertz CT molecular complexity index is 1010. The molecule has 0 aliphatic heterocycles. The maximum Gasteiger partial charge on any atom is 0.0530 e. The smallest absolute Gasteiger partial charge is 0.0530 e. The summed E-state index contributed by atoms with van der Waals surface area (Å²) in [6.45, 7) is 9.84. The fourth-order valence-corrected chi connectivity index (χ4v) is 7.37. The molecule has 0 radical (unpaired) electrons. The molecule has 0 atom stereocenters. The van der Waals surface area contributed by atoms with E-state index in [9.17, 15) is 0 Å². The van der Waals surface area contributed by atoms with Gasteiger partial charge in [-0.3, -0.25) is 0 Å². The molecule has 0 saturated heterocycles. The molecule has 1 spiro atoms. The molecule has 0 heterocycles. The standard InChI is InChI=1S/C28H28S/c1-25(2)26(3,4)28(25)24(20-29-23-18-12-7-13-19-23)27(28,21-14-8-5-9-15-21)22-16-10-6-11-17-22/h5-20H,1-4H3/b24-20-. The molecule has 0 amide bonds. The van der Waals surface area contributed by atoms with Gasteiger partial charge in [0.25, 0.3) is 0 Å². The van der Waals surface area contributed by atoms with Crippen LogP contribution in [0.5, 0.6) is 0 Å². The van der Waals surface area contributed by atoms with E-state index < -0.39 is 0 Å². The lowest BCUT2D eigenvalue weighted by molar-refractivity contribution is 0.457. The van der Waals surface area contributed by atoms with E-state index in [-0.39, 0.29) is 21.7 Å². The van der Waals surface area contributed by atoms with Crippen molar-refractivity contribution in [2.45, 2.75) is 38.0 Å². The van der Waals surface area contributed by atoms with Crippen LogP contribution in [-0.2, 0) is 5.41 Å². The second-order valence-corrected chi connectivity index (χ2v) is 10.4. The van der Waals surface area contributed by atoms with Crippen molar-refractivity contribution >= 4 is 11.8 Å². The monoisotopic (exact) mass is 396 g/mol. The van der Waals surface area contributed by atoms with E-state index in [0.29, 0.717) is 0 Å². The summed E-state index contributed by atoms with van der Waals surface area (Å²) in [5.74, 6) is 0. The van der Waals surface area contributed by atoms with Crippen LogP contribution in [0.4, 0.5) is 0 Å². The van der Waals surface area contributed by atoms with Crippen molar-refractivity contribution in [1.29, 1.82) is 0 Å². The Hall–Kier alpha value is -2.25. The molecule has 146 valence electrons. The van der Waals surface area contributed by atoms with Gasteiger partial charge in [0.1, 0.15) is 0 Å². The van der Waals surface area contributed by atoms with E-state index in [1.165, 1.54) is 16.0 Å². The molecule has 0 N–H and O–H groups in total. The summed E-state index contributed by atoms with van der Waals surface area (Å²) in [7, 11) is 0. The Balaban J connectivity index is 1.74. The summed E-state index contributed by atoms with van der Waals surface area (Å²) in [5.41, 5.74) is 4.98. The Morgan fingerprint density at radius 1 is 0.586 bits per heavy atom. The molecule has 0 unspecified atom stereocenters. The van der Waals surface area contributed by atoms with Crippen LogP contribution in [-0.4, -0.2) is 0 Å². The van der Waals surface area contributed by atoms with Gasteiger partial charge in [0, 0.05) is 10.3 Å². The number of benzene rings is 3. The Morgan fingerprint density at radius 3 is 1.41 bits per heavy atom. The lowest BCUT2D eigenvalue weighted by Crippen LogP contribution is -2.16. The minimum atomic E-state index is -0.0513. The van der Waals surface area contributed by atoms with Crippen molar-refractivity contribution in [2.75, 3.05) is 0 Å². The first-order valence-corrected chi connectivity index (χ1v) is 11.3. The van der Waals surface area contributed by atoms with Gasteiger partial charge in [0.15, 0.2) is 0 Å². The largest absolute Gasteiger partial charge is 0.0981 e.